The third-order valence-corrected chi connectivity index (χ3v) is 2.80. The fraction of sp³-hybridized carbons (Fsp3) is 0. The number of ether oxygens (including phenoxy) is 1. The summed E-state index contributed by atoms with van der Waals surface area (Å²) in [5, 5.41) is 0. The summed E-state index contributed by atoms with van der Waals surface area (Å²) in [6.07, 6.45) is 0.651. The molecular weight excluding hydrogens is 296 g/mol. The second-order valence-corrected chi connectivity index (χ2v) is 4.47. The Labute approximate surface area is 113 Å². The minimum Gasteiger partial charge on any atom is -0.422 e. The van der Waals surface area contributed by atoms with E-state index in [0.29, 0.717) is 17.4 Å². The molecule has 2 rings (SSSR count). The summed E-state index contributed by atoms with van der Waals surface area (Å²) in [7, 11) is 0. The van der Waals surface area contributed by atoms with Crippen molar-refractivity contribution in [2.24, 2.45) is 0 Å². The van der Waals surface area contributed by atoms with Crippen LogP contribution in [0, 0.1) is 0 Å². The molecule has 90 valence electrons. The molecule has 3 nitrogen and oxygen atoms in total. The van der Waals surface area contributed by atoms with E-state index in [0.717, 1.165) is 4.47 Å². The van der Waals surface area contributed by atoms with E-state index in [9.17, 15) is 9.59 Å². The van der Waals surface area contributed by atoms with Gasteiger partial charge in [0.05, 0.1) is 11.1 Å². The van der Waals surface area contributed by atoms with Crippen LogP contribution in [0.3, 0.4) is 0 Å². The molecule has 0 aromatic heterocycles. The van der Waals surface area contributed by atoms with Crippen molar-refractivity contribution in [2.45, 2.75) is 0 Å². The van der Waals surface area contributed by atoms with Gasteiger partial charge in [0.1, 0.15) is 5.75 Å². The molecule has 18 heavy (non-hydrogen) atoms. The zero-order chi connectivity index (χ0) is 13.0. The maximum Gasteiger partial charge on any atom is 0.343 e. The van der Waals surface area contributed by atoms with Crippen molar-refractivity contribution in [3.63, 3.8) is 0 Å². The van der Waals surface area contributed by atoms with Crippen LogP contribution in [-0.4, -0.2) is 12.3 Å². The van der Waals surface area contributed by atoms with Crippen molar-refractivity contribution in [1.29, 1.82) is 0 Å². The Balaban J connectivity index is 2.25. The Kier molecular flexibility index (Phi) is 3.89. The van der Waals surface area contributed by atoms with Crippen LogP contribution in [0.1, 0.15) is 20.7 Å². The minimum atomic E-state index is -0.485. The number of hydrogen-bond donors (Lipinski definition) is 0. The summed E-state index contributed by atoms with van der Waals surface area (Å²) in [4.78, 5) is 22.7. The average Bonchev–Trinajstić information content (AvgIpc) is 2.41. The fourth-order valence-electron chi connectivity index (χ4n) is 1.44. The van der Waals surface area contributed by atoms with Crippen molar-refractivity contribution >= 4 is 28.2 Å². The molecule has 0 spiro atoms. The lowest BCUT2D eigenvalue weighted by Gasteiger charge is -2.06. The van der Waals surface area contributed by atoms with Gasteiger partial charge in [-0.3, -0.25) is 4.79 Å². The highest BCUT2D eigenvalue weighted by atomic mass is 79.9. The largest absolute Gasteiger partial charge is 0.422 e. The highest BCUT2D eigenvalue weighted by molar-refractivity contribution is 9.10. The molecule has 0 fully saturated rings. The zero-order valence-corrected chi connectivity index (χ0v) is 10.9. The molecular formula is C14H9BrO3. The van der Waals surface area contributed by atoms with Gasteiger partial charge < -0.3 is 4.74 Å². The Morgan fingerprint density at radius 1 is 1.11 bits per heavy atom. The molecule has 0 amide bonds. The standard InChI is InChI=1S/C14H9BrO3/c15-12-6-7-13(11(8-12)9-16)18-14(17)10-4-2-1-3-5-10/h1-9H. The smallest absolute Gasteiger partial charge is 0.343 e. The average molecular weight is 305 g/mol. The lowest BCUT2D eigenvalue weighted by molar-refractivity contribution is 0.0733. The van der Waals surface area contributed by atoms with E-state index in [2.05, 4.69) is 15.9 Å². The van der Waals surface area contributed by atoms with Crippen molar-refractivity contribution in [2.75, 3.05) is 0 Å². The molecule has 0 N–H and O–H groups in total. The first kappa shape index (κ1) is 12.5. The Hall–Kier alpha value is -1.94. The van der Waals surface area contributed by atoms with E-state index >= 15 is 0 Å². The predicted octanol–water partition coefficient (Wildman–Crippen LogP) is 3.48. The SMILES string of the molecule is O=Cc1cc(Br)ccc1OC(=O)c1ccccc1. The number of esters is 1. The number of benzene rings is 2. The molecule has 0 aliphatic heterocycles. The number of rotatable bonds is 3. The molecule has 0 bridgehead atoms. The van der Waals surface area contributed by atoms with E-state index in [1.165, 1.54) is 0 Å². The van der Waals surface area contributed by atoms with Gasteiger partial charge in [-0.2, -0.15) is 0 Å². The summed E-state index contributed by atoms with van der Waals surface area (Å²) in [5.41, 5.74) is 0.769. The molecule has 2 aromatic rings. The van der Waals surface area contributed by atoms with Crippen molar-refractivity contribution in [3.05, 3.63) is 64.1 Å². The highest BCUT2D eigenvalue weighted by Gasteiger charge is 2.11. The predicted molar refractivity (Wildman–Crippen MR) is 70.9 cm³/mol. The number of aldehydes is 1. The number of carbonyl (C=O) groups excluding carboxylic acids is 2. The second kappa shape index (κ2) is 5.60. The highest BCUT2D eigenvalue weighted by Crippen LogP contribution is 2.22. The van der Waals surface area contributed by atoms with Gasteiger partial charge in [0, 0.05) is 4.47 Å². The maximum absolute atomic E-state index is 11.8. The van der Waals surface area contributed by atoms with E-state index in [4.69, 9.17) is 4.74 Å². The van der Waals surface area contributed by atoms with Crippen LogP contribution in [0.4, 0.5) is 0 Å². The Bertz CT molecular complexity index is 579. The molecule has 0 unspecified atom stereocenters. The van der Waals surface area contributed by atoms with E-state index in [-0.39, 0.29) is 5.75 Å². The summed E-state index contributed by atoms with van der Waals surface area (Å²) in [6, 6.07) is 13.5. The van der Waals surface area contributed by atoms with E-state index in [1.807, 2.05) is 6.07 Å². The first-order chi connectivity index (χ1) is 8.70. The van der Waals surface area contributed by atoms with Gasteiger partial charge in [-0.1, -0.05) is 34.1 Å². The Morgan fingerprint density at radius 2 is 1.83 bits per heavy atom. The summed E-state index contributed by atoms with van der Waals surface area (Å²) in [5.74, 6) is -0.233. The number of carbonyl (C=O) groups is 2. The van der Waals surface area contributed by atoms with Gasteiger partial charge >= 0.3 is 5.97 Å². The monoisotopic (exact) mass is 304 g/mol. The molecule has 2 aromatic carbocycles. The first-order valence-corrected chi connectivity index (χ1v) is 6.02. The molecule has 0 saturated carbocycles. The normalized spacial score (nSPS) is 9.83. The van der Waals surface area contributed by atoms with Crippen LogP contribution in [0.5, 0.6) is 5.75 Å². The van der Waals surface area contributed by atoms with Crippen molar-refractivity contribution < 1.29 is 14.3 Å². The van der Waals surface area contributed by atoms with E-state index < -0.39 is 5.97 Å². The molecule has 0 radical (unpaired) electrons. The molecule has 4 heteroatoms. The van der Waals surface area contributed by atoms with Crippen LogP contribution in [0.25, 0.3) is 0 Å². The van der Waals surface area contributed by atoms with Crippen LogP contribution < -0.4 is 4.74 Å². The molecule has 0 atom stereocenters. The number of hydrogen-bond acceptors (Lipinski definition) is 3. The first-order valence-electron chi connectivity index (χ1n) is 5.22. The Morgan fingerprint density at radius 3 is 2.50 bits per heavy atom. The summed E-state index contributed by atoms with van der Waals surface area (Å²) in [6.45, 7) is 0. The zero-order valence-electron chi connectivity index (χ0n) is 9.30. The molecule has 0 aliphatic carbocycles. The van der Waals surface area contributed by atoms with Gasteiger partial charge in [0.2, 0.25) is 0 Å². The number of halogens is 1. The summed E-state index contributed by atoms with van der Waals surface area (Å²) >= 11 is 3.25. The van der Waals surface area contributed by atoms with Gasteiger partial charge in [0.25, 0.3) is 0 Å². The van der Waals surface area contributed by atoms with Gasteiger partial charge in [-0.15, -0.1) is 0 Å². The molecule has 0 heterocycles. The van der Waals surface area contributed by atoms with Crippen LogP contribution >= 0.6 is 15.9 Å². The lowest BCUT2D eigenvalue weighted by atomic mass is 10.2. The topological polar surface area (TPSA) is 43.4 Å². The fourth-order valence-corrected chi connectivity index (χ4v) is 1.82. The minimum absolute atomic E-state index is 0.252. The van der Waals surface area contributed by atoms with Gasteiger partial charge in [-0.05, 0) is 30.3 Å². The van der Waals surface area contributed by atoms with Crippen LogP contribution in [0.2, 0.25) is 0 Å². The van der Waals surface area contributed by atoms with E-state index in [1.54, 1.807) is 42.5 Å². The lowest BCUT2D eigenvalue weighted by Crippen LogP contribution is -2.09. The third-order valence-electron chi connectivity index (χ3n) is 2.31. The van der Waals surface area contributed by atoms with Crippen molar-refractivity contribution in [3.8, 4) is 5.75 Å². The second-order valence-electron chi connectivity index (χ2n) is 3.56. The maximum atomic E-state index is 11.8. The van der Waals surface area contributed by atoms with Crippen molar-refractivity contribution in [1.82, 2.24) is 0 Å². The summed E-state index contributed by atoms with van der Waals surface area (Å²) < 4.78 is 5.94. The molecule has 0 saturated heterocycles. The van der Waals surface area contributed by atoms with Crippen LogP contribution in [0.15, 0.2) is 53.0 Å². The van der Waals surface area contributed by atoms with Gasteiger partial charge in [-0.25, -0.2) is 4.79 Å². The van der Waals surface area contributed by atoms with Gasteiger partial charge in [0.15, 0.2) is 6.29 Å². The van der Waals surface area contributed by atoms with Crippen LogP contribution in [-0.2, 0) is 0 Å². The third kappa shape index (κ3) is 2.84. The quantitative estimate of drug-likeness (QED) is 0.495. The molecule has 0 aliphatic rings.